The summed E-state index contributed by atoms with van der Waals surface area (Å²) in [4.78, 5) is 5.67. The Morgan fingerprint density at radius 1 is 1.46 bits per heavy atom. The lowest BCUT2D eigenvalue weighted by atomic mass is 9.97. The summed E-state index contributed by atoms with van der Waals surface area (Å²) in [6.45, 7) is 7.68. The molecule has 128 valence electrons. The number of hydrogen-bond acceptors (Lipinski definition) is 5. The number of imidazole rings is 1. The van der Waals surface area contributed by atoms with Crippen molar-refractivity contribution in [1.82, 2.24) is 24.5 Å². The fraction of sp³-hybridized carbons (Fsp3) is 0.529. The Balaban J connectivity index is 1.39. The molecule has 0 aromatic carbocycles. The Kier molecular flexibility index (Phi) is 4.39. The lowest BCUT2D eigenvalue weighted by Gasteiger charge is -2.18. The first-order valence-corrected chi connectivity index (χ1v) is 9.40. The van der Waals surface area contributed by atoms with Crippen molar-refractivity contribution in [2.24, 2.45) is 5.92 Å². The topological polar surface area (TPSA) is 56.4 Å². The molecule has 0 unspecified atom stereocenters. The highest BCUT2D eigenvalue weighted by molar-refractivity contribution is 7.15. The van der Waals surface area contributed by atoms with Crippen LogP contribution < -0.4 is 5.32 Å². The molecule has 0 saturated carbocycles. The van der Waals surface area contributed by atoms with Crippen molar-refractivity contribution < 1.29 is 4.74 Å². The van der Waals surface area contributed by atoms with Crippen molar-refractivity contribution in [3.63, 3.8) is 0 Å². The summed E-state index contributed by atoms with van der Waals surface area (Å²) in [6.07, 6.45) is 7.40. The predicted molar refractivity (Wildman–Crippen MR) is 94.2 cm³/mol. The Hall–Kier alpha value is -1.70. The summed E-state index contributed by atoms with van der Waals surface area (Å²) in [5.41, 5.74) is 3.56. The number of fused-ring (bicyclic) bond motifs is 1. The molecule has 4 heterocycles. The summed E-state index contributed by atoms with van der Waals surface area (Å²) in [5, 5.41) is 10.1. The molecule has 1 aliphatic rings. The van der Waals surface area contributed by atoms with Gasteiger partial charge in [0.25, 0.3) is 0 Å². The summed E-state index contributed by atoms with van der Waals surface area (Å²) in [6, 6.07) is 0. The zero-order valence-electron chi connectivity index (χ0n) is 14.1. The van der Waals surface area contributed by atoms with E-state index in [2.05, 4.69) is 51.4 Å². The average Bonchev–Trinajstić information content (AvgIpc) is 3.32. The number of rotatable bonds is 6. The summed E-state index contributed by atoms with van der Waals surface area (Å²) in [7, 11) is 0. The normalized spacial score (nSPS) is 21.1. The van der Waals surface area contributed by atoms with Gasteiger partial charge in [0.05, 0.1) is 23.7 Å². The number of nitrogens with zero attached hydrogens (tertiary/aromatic N) is 4. The molecule has 0 bridgehead atoms. The van der Waals surface area contributed by atoms with E-state index in [0.717, 1.165) is 43.3 Å². The van der Waals surface area contributed by atoms with Crippen LogP contribution in [0.5, 0.6) is 0 Å². The minimum absolute atomic E-state index is 0.158. The van der Waals surface area contributed by atoms with E-state index < -0.39 is 0 Å². The van der Waals surface area contributed by atoms with E-state index in [1.165, 1.54) is 11.3 Å². The van der Waals surface area contributed by atoms with Crippen molar-refractivity contribution in [1.29, 1.82) is 0 Å². The highest BCUT2D eigenvalue weighted by Crippen LogP contribution is 2.34. The number of aryl methyl sites for hydroxylation is 2. The molecule has 4 rings (SSSR count). The molecular weight excluding hydrogens is 322 g/mol. The molecule has 3 aromatic heterocycles. The maximum atomic E-state index is 5.97. The number of hydrogen-bond donors (Lipinski definition) is 1. The van der Waals surface area contributed by atoms with Crippen LogP contribution in [0.25, 0.3) is 4.96 Å². The van der Waals surface area contributed by atoms with Gasteiger partial charge in [-0.2, -0.15) is 5.10 Å². The highest BCUT2D eigenvalue weighted by atomic mass is 32.1. The van der Waals surface area contributed by atoms with E-state index in [4.69, 9.17) is 4.74 Å². The number of aromatic nitrogens is 4. The van der Waals surface area contributed by atoms with Crippen molar-refractivity contribution in [2.45, 2.75) is 39.5 Å². The minimum Gasteiger partial charge on any atom is -0.373 e. The maximum absolute atomic E-state index is 5.97. The van der Waals surface area contributed by atoms with Gasteiger partial charge in [-0.25, -0.2) is 4.98 Å². The molecular formula is C17H23N5OS. The van der Waals surface area contributed by atoms with E-state index in [-0.39, 0.29) is 6.10 Å². The zero-order valence-corrected chi connectivity index (χ0v) is 14.9. The average molecular weight is 345 g/mol. The third-order valence-electron chi connectivity index (χ3n) is 4.78. The molecule has 0 spiro atoms. The highest BCUT2D eigenvalue weighted by Gasteiger charge is 2.30. The first-order valence-electron chi connectivity index (χ1n) is 8.52. The van der Waals surface area contributed by atoms with Crippen LogP contribution in [-0.2, 0) is 17.8 Å². The first-order chi connectivity index (χ1) is 11.8. The van der Waals surface area contributed by atoms with Crippen LogP contribution in [0.4, 0.5) is 0 Å². The Morgan fingerprint density at radius 3 is 3.21 bits per heavy atom. The van der Waals surface area contributed by atoms with Crippen molar-refractivity contribution >= 4 is 16.3 Å². The van der Waals surface area contributed by atoms with Crippen LogP contribution in [0.1, 0.15) is 36.4 Å². The lowest BCUT2D eigenvalue weighted by Crippen LogP contribution is -2.25. The Labute approximate surface area is 145 Å². The predicted octanol–water partition coefficient (Wildman–Crippen LogP) is 2.79. The Morgan fingerprint density at radius 2 is 2.38 bits per heavy atom. The molecule has 7 heteroatoms. The molecule has 24 heavy (non-hydrogen) atoms. The standard InChI is InChI=1S/C17H23N5OS/c1-3-21-11-14(9-19-21)16-13(4-6-23-16)8-18-10-15-12(2)20-17-22(15)5-7-24-17/h5,7,9,11,13,16,18H,3-4,6,8,10H2,1-2H3/t13-,16-/m0/s1. The van der Waals surface area contributed by atoms with Gasteiger partial charge in [0.1, 0.15) is 0 Å². The third-order valence-corrected chi connectivity index (χ3v) is 5.54. The van der Waals surface area contributed by atoms with Gasteiger partial charge in [0.2, 0.25) is 0 Å². The van der Waals surface area contributed by atoms with Crippen LogP contribution in [0.15, 0.2) is 24.0 Å². The van der Waals surface area contributed by atoms with Gasteiger partial charge in [-0.1, -0.05) is 0 Å². The SMILES string of the molecule is CCn1cc([C@H]2OCC[C@H]2CNCc2c(C)nc3sccn23)cn1. The first kappa shape index (κ1) is 15.8. The van der Waals surface area contributed by atoms with E-state index in [0.29, 0.717) is 5.92 Å². The summed E-state index contributed by atoms with van der Waals surface area (Å²) < 4.78 is 10.1. The maximum Gasteiger partial charge on any atom is 0.194 e. The van der Waals surface area contributed by atoms with Gasteiger partial charge in [-0.05, 0) is 20.3 Å². The molecule has 1 saturated heterocycles. The van der Waals surface area contributed by atoms with Gasteiger partial charge in [0.15, 0.2) is 4.96 Å². The molecule has 0 aliphatic carbocycles. The zero-order chi connectivity index (χ0) is 16.5. The van der Waals surface area contributed by atoms with Gasteiger partial charge < -0.3 is 10.1 Å². The summed E-state index contributed by atoms with van der Waals surface area (Å²) in [5.74, 6) is 0.491. The van der Waals surface area contributed by atoms with E-state index >= 15 is 0 Å². The van der Waals surface area contributed by atoms with Crippen LogP contribution in [0.2, 0.25) is 0 Å². The molecule has 0 amide bonds. The van der Waals surface area contributed by atoms with Gasteiger partial charge in [0, 0.05) is 55.5 Å². The number of ether oxygens (including phenoxy) is 1. The molecule has 1 aliphatic heterocycles. The second-order valence-electron chi connectivity index (χ2n) is 6.30. The van der Waals surface area contributed by atoms with Crippen molar-refractivity contribution in [3.05, 3.63) is 40.9 Å². The van der Waals surface area contributed by atoms with E-state index in [9.17, 15) is 0 Å². The lowest BCUT2D eigenvalue weighted by molar-refractivity contribution is 0.0903. The van der Waals surface area contributed by atoms with Crippen LogP contribution >= 0.6 is 11.3 Å². The smallest absolute Gasteiger partial charge is 0.194 e. The minimum atomic E-state index is 0.158. The largest absolute Gasteiger partial charge is 0.373 e. The van der Waals surface area contributed by atoms with E-state index in [1.54, 1.807) is 11.3 Å². The number of nitrogens with one attached hydrogen (secondary N) is 1. The number of thiazole rings is 1. The second kappa shape index (κ2) is 6.66. The molecule has 3 aromatic rings. The van der Waals surface area contributed by atoms with Gasteiger partial charge in [-0.15, -0.1) is 11.3 Å². The molecule has 0 radical (unpaired) electrons. The van der Waals surface area contributed by atoms with Crippen LogP contribution in [-0.4, -0.2) is 32.3 Å². The molecule has 2 atom stereocenters. The van der Waals surface area contributed by atoms with Gasteiger partial charge >= 0.3 is 0 Å². The molecule has 6 nitrogen and oxygen atoms in total. The van der Waals surface area contributed by atoms with Crippen molar-refractivity contribution in [2.75, 3.05) is 13.2 Å². The quantitative estimate of drug-likeness (QED) is 0.746. The fourth-order valence-electron chi connectivity index (χ4n) is 3.44. The second-order valence-corrected chi connectivity index (χ2v) is 7.17. The van der Waals surface area contributed by atoms with E-state index in [1.807, 2.05) is 10.9 Å². The molecule has 1 fully saturated rings. The van der Waals surface area contributed by atoms with Crippen molar-refractivity contribution in [3.8, 4) is 0 Å². The van der Waals surface area contributed by atoms with Crippen LogP contribution in [0, 0.1) is 12.8 Å². The third kappa shape index (κ3) is 2.87. The van der Waals surface area contributed by atoms with Crippen LogP contribution in [0.3, 0.4) is 0 Å². The summed E-state index contributed by atoms with van der Waals surface area (Å²) >= 11 is 1.68. The van der Waals surface area contributed by atoms with Gasteiger partial charge in [-0.3, -0.25) is 9.08 Å². The fourth-order valence-corrected chi connectivity index (χ4v) is 4.22. The Bertz CT molecular complexity index is 820. The monoisotopic (exact) mass is 345 g/mol. The molecule has 1 N–H and O–H groups in total.